The number of halogens is 3. The van der Waals surface area contributed by atoms with E-state index in [0.29, 0.717) is 6.04 Å². The number of nitrogens with zero attached hydrogens (tertiary/aromatic N) is 1. The lowest BCUT2D eigenvalue weighted by atomic mass is 10.0. The van der Waals surface area contributed by atoms with Crippen molar-refractivity contribution in [3.63, 3.8) is 0 Å². The zero-order chi connectivity index (χ0) is 13.7. The molecule has 21 heavy (non-hydrogen) atoms. The summed E-state index contributed by atoms with van der Waals surface area (Å²) < 4.78 is 6.31. The summed E-state index contributed by atoms with van der Waals surface area (Å²) in [5, 5.41) is 3.40. The Kier molecular flexibility index (Phi) is 10.3. The maximum Gasteiger partial charge on any atom is 0.133 e. The topological polar surface area (TPSA) is 24.5 Å². The zero-order valence-electron chi connectivity index (χ0n) is 12.2. The van der Waals surface area contributed by atoms with E-state index in [1.807, 2.05) is 12.1 Å². The Hall–Kier alpha value is -0.260. The first-order valence-electron chi connectivity index (χ1n) is 6.65. The fourth-order valence-corrected chi connectivity index (χ4v) is 3.10. The predicted octanol–water partition coefficient (Wildman–Crippen LogP) is 3.82. The minimum atomic E-state index is 0. The molecule has 0 amide bonds. The second-order valence-corrected chi connectivity index (χ2v) is 5.57. The van der Waals surface area contributed by atoms with Crippen molar-refractivity contribution in [1.82, 2.24) is 10.2 Å². The average molecular weight is 398 g/mol. The van der Waals surface area contributed by atoms with Gasteiger partial charge >= 0.3 is 0 Å². The van der Waals surface area contributed by atoms with Crippen molar-refractivity contribution in [3.8, 4) is 5.75 Å². The van der Waals surface area contributed by atoms with Crippen molar-refractivity contribution in [2.45, 2.75) is 12.5 Å². The van der Waals surface area contributed by atoms with Gasteiger partial charge in [0.2, 0.25) is 0 Å². The maximum absolute atomic E-state index is 5.29. The van der Waals surface area contributed by atoms with E-state index in [2.05, 4.69) is 44.9 Å². The first-order valence-corrected chi connectivity index (χ1v) is 7.44. The standard InChI is InChI=1S/C15H21BrN2O.2ClH/c1-3-4-14(18-9-7-17-8-10-18)12-5-6-15(19-2)13(16)11-12;;/h3,5-6,11,14,17H,1,4,7-10H2,2H3;2*1H/t14-;;/m1../s1. The van der Waals surface area contributed by atoms with Crippen LogP contribution in [0.4, 0.5) is 0 Å². The maximum atomic E-state index is 5.29. The highest BCUT2D eigenvalue weighted by Crippen LogP contribution is 2.32. The van der Waals surface area contributed by atoms with E-state index in [1.165, 1.54) is 5.56 Å². The molecule has 0 aromatic heterocycles. The Bertz CT molecular complexity index is 440. The van der Waals surface area contributed by atoms with E-state index >= 15 is 0 Å². The van der Waals surface area contributed by atoms with E-state index < -0.39 is 0 Å². The molecule has 2 rings (SSSR count). The number of nitrogens with one attached hydrogen (secondary N) is 1. The van der Waals surface area contributed by atoms with Crippen molar-refractivity contribution in [2.75, 3.05) is 33.3 Å². The molecule has 0 radical (unpaired) electrons. The minimum absolute atomic E-state index is 0. The van der Waals surface area contributed by atoms with Gasteiger partial charge in [-0.2, -0.15) is 0 Å². The van der Waals surface area contributed by atoms with Crippen LogP contribution in [-0.2, 0) is 0 Å². The first kappa shape index (κ1) is 20.7. The van der Waals surface area contributed by atoms with Crippen molar-refractivity contribution in [1.29, 1.82) is 0 Å². The highest BCUT2D eigenvalue weighted by molar-refractivity contribution is 9.10. The van der Waals surface area contributed by atoms with Gasteiger partial charge in [0.25, 0.3) is 0 Å². The summed E-state index contributed by atoms with van der Waals surface area (Å²) in [5.74, 6) is 0.876. The largest absolute Gasteiger partial charge is 0.496 e. The Morgan fingerprint density at radius 2 is 2.05 bits per heavy atom. The molecule has 0 aliphatic carbocycles. The highest BCUT2D eigenvalue weighted by Gasteiger charge is 2.21. The van der Waals surface area contributed by atoms with Crippen molar-refractivity contribution >= 4 is 40.7 Å². The zero-order valence-corrected chi connectivity index (χ0v) is 15.4. The molecule has 1 N–H and O–H groups in total. The second kappa shape index (κ2) is 10.5. The van der Waals surface area contributed by atoms with Crippen LogP contribution in [0, 0.1) is 0 Å². The van der Waals surface area contributed by atoms with Gasteiger partial charge < -0.3 is 10.1 Å². The van der Waals surface area contributed by atoms with Gasteiger partial charge in [0.1, 0.15) is 5.75 Å². The summed E-state index contributed by atoms with van der Waals surface area (Å²) in [4.78, 5) is 2.52. The lowest BCUT2D eigenvalue weighted by molar-refractivity contribution is 0.174. The normalized spacial score (nSPS) is 16.3. The summed E-state index contributed by atoms with van der Waals surface area (Å²) in [7, 11) is 1.69. The molecular formula is C15H23BrCl2N2O. The molecule has 120 valence electrons. The van der Waals surface area contributed by atoms with Gasteiger partial charge in [-0.15, -0.1) is 31.4 Å². The van der Waals surface area contributed by atoms with Gasteiger partial charge in [-0.05, 0) is 40.0 Å². The van der Waals surface area contributed by atoms with Crippen LogP contribution in [0.1, 0.15) is 18.0 Å². The molecule has 6 heteroatoms. The van der Waals surface area contributed by atoms with E-state index in [9.17, 15) is 0 Å². The third kappa shape index (κ3) is 5.46. The SMILES string of the molecule is C=CC[C@H](c1ccc(OC)c(Br)c1)N1CCNCC1.Cl.Cl. The molecule has 1 heterocycles. The molecular weight excluding hydrogens is 375 g/mol. The molecule has 1 aromatic rings. The molecule has 1 atom stereocenters. The van der Waals surface area contributed by atoms with Gasteiger partial charge in [-0.1, -0.05) is 12.1 Å². The van der Waals surface area contributed by atoms with Crippen LogP contribution in [0.15, 0.2) is 35.3 Å². The molecule has 3 nitrogen and oxygen atoms in total. The number of methoxy groups -OCH3 is 1. The van der Waals surface area contributed by atoms with Gasteiger partial charge in [-0.3, -0.25) is 4.90 Å². The summed E-state index contributed by atoms with van der Waals surface area (Å²) >= 11 is 3.57. The third-order valence-electron chi connectivity index (χ3n) is 3.54. The lowest BCUT2D eigenvalue weighted by Gasteiger charge is -2.35. The summed E-state index contributed by atoms with van der Waals surface area (Å²) in [6.07, 6.45) is 2.98. The quantitative estimate of drug-likeness (QED) is 0.764. The number of ether oxygens (including phenoxy) is 1. The highest BCUT2D eigenvalue weighted by atomic mass is 79.9. The van der Waals surface area contributed by atoms with Gasteiger partial charge in [0.15, 0.2) is 0 Å². The number of hydrogen-bond donors (Lipinski definition) is 1. The summed E-state index contributed by atoms with van der Waals surface area (Å²) in [6.45, 7) is 8.19. The Labute approximate surface area is 148 Å². The minimum Gasteiger partial charge on any atom is -0.496 e. The summed E-state index contributed by atoms with van der Waals surface area (Å²) in [5.41, 5.74) is 1.31. The second-order valence-electron chi connectivity index (χ2n) is 4.72. The van der Waals surface area contributed by atoms with Gasteiger partial charge in [-0.25, -0.2) is 0 Å². The molecule has 1 saturated heterocycles. The fourth-order valence-electron chi connectivity index (χ4n) is 2.54. The van der Waals surface area contributed by atoms with Crippen LogP contribution >= 0.6 is 40.7 Å². The van der Waals surface area contributed by atoms with E-state index in [0.717, 1.165) is 42.8 Å². The molecule has 0 spiro atoms. The Morgan fingerprint density at radius 3 is 2.57 bits per heavy atom. The molecule has 0 unspecified atom stereocenters. The average Bonchev–Trinajstić information content (AvgIpc) is 2.45. The van der Waals surface area contributed by atoms with Crippen LogP contribution in [0.2, 0.25) is 0 Å². The van der Waals surface area contributed by atoms with Crippen molar-refractivity contribution in [3.05, 3.63) is 40.9 Å². The smallest absolute Gasteiger partial charge is 0.133 e. The van der Waals surface area contributed by atoms with E-state index in [-0.39, 0.29) is 24.8 Å². The predicted molar refractivity (Wildman–Crippen MR) is 97.2 cm³/mol. The lowest BCUT2D eigenvalue weighted by Crippen LogP contribution is -2.45. The molecule has 0 bridgehead atoms. The van der Waals surface area contributed by atoms with E-state index in [1.54, 1.807) is 7.11 Å². The van der Waals surface area contributed by atoms with E-state index in [4.69, 9.17) is 4.74 Å². The van der Waals surface area contributed by atoms with Gasteiger partial charge in [0, 0.05) is 32.2 Å². The van der Waals surface area contributed by atoms with Crippen molar-refractivity contribution in [2.24, 2.45) is 0 Å². The Balaban J connectivity index is 0.00000200. The number of piperazine rings is 1. The third-order valence-corrected chi connectivity index (χ3v) is 4.16. The molecule has 1 fully saturated rings. The first-order chi connectivity index (χ1) is 9.26. The molecule has 1 aliphatic heterocycles. The number of rotatable bonds is 5. The molecule has 1 aromatic carbocycles. The van der Waals surface area contributed by atoms with Crippen LogP contribution in [-0.4, -0.2) is 38.2 Å². The van der Waals surface area contributed by atoms with Gasteiger partial charge in [0.05, 0.1) is 11.6 Å². The van der Waals surface area contributed by atoms with Crippen LogP contribution in [0.3, 0.4) is 0 Å². The number of hydrogen-bond acceptors (Lipinski definition) is 3. The fraction of sp³-hybridized carbons (Fsp3) is 0.467. The monoisotopic (exact) mass is 396 g/mol. The van der Waals surface area contributed by atoms with Crippen LogP contribution in [0.5, 0.6) is 5.75 Å². The summed E-state index contributed by atoms with van der Waals surface area (Å²) in [6, 6.07) is 6.74. The number of benzene rings is 1. The Morgan fingerprint density at radius 1 is 1.38 bits per heavy atom. The van der Waals surface area contributed by atoms with Crippen LogP contribution in [0.25, 0.3) is 0 Å². The molecule has 0 saturated carbocycles. The van der Waals surface area contributed by atoms with Crippen molar-refractivity contribution < 1.29 is 4.74 Å². The molecule has 1 aliphatic rings. The van der Waals surface area contributed by atoms with Crippen LogP contribution < -0.4 is 10.1 Å².